The van der Waals surface area contributed by atoms with Crippen LogP contribution in [0.1, 0.15) is 27.0 Å². The Labute approximate surface area is 208 Å². The van der Waals surface area contributed by atoms with E-state index < -0.39 is 5.97 Å². The molecule has 3 aromatic carbocycles. The van der Waals surface area contributed by atoms with Crippen molar-refractivity contribution >= 4 is 56.6 Å². The van der Waals surface area contributed by atoms with E-state index in [0.717, 1.165) is 24.7 Å². The molecular weight excluding hydrogens is 587 g/mol. The van der Waals surface area contributed by atoms with Crippen LogP contribution in [-0.2, 0) is 4.79 Å². The van der Waals surface area contributed by atoms with E-state index >= 15 is 0 Å². The second kappa shape index (κ2) is 11.2. The Morgan fingerprint density at radius 2 is 1.72 bits per heavy atom. The minimum atomic E-state index is -0.417. The first-order valence-corrected chi connectivity index (χ1v) is 11.5. The van der Waals surface area contributed by atoms with Gasteiger partial charge in [0.05, 0.1) is 11.8 Å². The summed E-state index contributed by atoms with van der Waals surface area (Å²) in [6.07, 6.45) is 1.50. The van der Waals surface area contributed by atoms with Gasteiger partial charge in [0.15, 0.2) is 6.61 Å². The Hall–Kier alpha value is -2.72. The molecule has 0 heterocycles. The maximum atomic E-state index is 12.3. The molecule has 0 aromatic heterocycles. The zero-order valence-electron chi connectivity index (χ0n) is 17.4. The average molecular weight is 607 g/mol. The third-order valence-corrected chi connectivity index (χ3v) is 5.76. The lowest BCUT2D eigenvalue weighted by molar-refractivity contribution is -0.123. The molecule has 0 saturated carbocycles. The molecule has 3 rings (SSSR count). The van der Waals surface area contributed by atoms with E-state index in [1.165, 1.54) is 6.21 Å². The predicted octanol–water partition coefficient (Wildman–Crippen LogP) is 5.42. The summed E-state index contributed by atoms with van der Waals surface area (Å²) in [6, 6.07) is 17.9. The van der Waals surface area contributed by atoms with Gasteiger partial charge < -0.3 is 9.47 Å². The molecular formula is C24H20BrIN2O4. The van der Waals surface area contributed by atoms with Gasteiger partial charge in [-0.15, -0.1) is 0 Å². The largest absolute Gasteiger partial charge is 0.483 e. The second-order valence-corrected chi connectivity index (χ2v) is 8.97. The SMILES string of the molecule is Cc1cc(Br)cc(C)c1OCC(=O)N/N=C\c1ccc(OC(=O)c2ccccc2I)cc1. The van der Waals surface area contributed by atoms with Crippen LogP contribution in [0.5, 0.6) is 11.5 Å². The van der Waals surface area contributed by atoms with E-state index in [9.17, 15) is 9.59 Å². The first kappa shape index (κ1) is 23.9. The molecule has 0 fully saturated rings. The first-order chi connectivity index (χ1) is 15.3. The Morgan fingerprint density at radius 1 is 1.06 bits per heavy atom. The van der Waals surface area contributed by atoms with E-state index in [4.69, 9.17) is 9.47 Å². The monoisotopic (exact) mass is 606 g/mol. The van der Waals surface area contributed by atoms with Gasteiger partial charge in [-0.3, -0.25) is 4.79 Å². The van der Waals surface area contributed by atoms with Crippen molar-refractivity contribution in [3.05, 3.63) is 91.0 Å². The molecule has 0 aliphatic rings. The quantitative estimate of drug-likeness (QED) is 0.128. The van der Waals surface area contributed by atoms with Gasteiger partial charge in [0.1, 0.15) is 11.5 Å². The van der Waals surface area contributed by atoms with Crippen molar-refractivity contribution in [2.45, 2.75) is 13.8 Å². The smallest absolute Gasteiger partial charge is 0.344 e. The Bertz CT molecular complexity index is 1140. The van der Waals surface area contributed by atoms with Crippen LogP contribution in [0.15, 0.2) is 70.2 Å². The van der Waals surface area contributed by atoms with Crippen LogP contribution in [0.3, 0.4) is 0 Å². The molecule has 6 nitrogen and oxygen atoms in total. The Kier molecular flexibility index (Phi) is 8.40. The highest BCUT2D eigenvalue weighted by Gasteiger charge is 2.12. The Balaban J connectivity index is 1.50. The number of halogens is 2. The van der Waals surface area contributed by atoms with E-state index in [-0.39, 0.29) is 12.5 Å². The molecule has 1 N–H and O–H groups in total. The average Bonchev–Trinajstić information content (AvgIpc) is 2.74. The normalized spacial score (nSPS) is 10.8. The standard InChI is InChI=1S/C24H20BrIN2O4/c1-15-11-18(25)12-16(2)23(15)31-14-22(29)28-27-13-17-7-9-19(10-8-17)32-24(30)20-5-3-4-6-21(20)26/h3-13H,14H2,1-2H3,(H,28,29)/b27-13-. The third kappa shape index (κ3) is 6.64. The van der Waals surface area contributed by atoms with Gasteiger partial charge >= 0.3 is 5.97 Å². The number of ether oxygens (including phenoxy) is 2. The summed E-state index contributed by atoms with van der Waals surface area (Å²) >= 11 is 5.53. The lowest BCUT2D eigenvalue weighted by Gasteiger charge is -2.11. The van der Waals surface area contributed by atoms with Crippen LogP contribution in [0.4, 0.5) is 0 Å². The van der Waals surface area contributed by atoms with Crippen molar-refractivity contribution in [3.63, 3.8) is 0 Å². The molecule has 0 saturated heterocycles. The summed E-state index contributed by atoms with van der Waals surface area (Å²) in [5.41, 5.74) is 5.56. The van der Waals surface area contributed by atoms with Gasteiger partial charge in [0.25, 0.3) is 5.91 Å². The van der Waals surface area contributed by atoms with Gasteiger partial charge in [-0.25, -0.2) is 10.2 Å². The number of carbonyl (C=O) groups excluding carboxylic acids is 2. The van der Waals surface area contributed by atoms with Crippen LogP contribution in [0.2, 0.25) is 0 Å². The number of hydrazone groups is 1. The molecule has 0 aliphatic carbocycles. The number of nitrogens with one attached hydrogen (secondary N) is 1. The number of benzene rings is 3. The summed E-state index contributed by atoms with van der Waals surface area (Å²) in [4.78, 5) is 24.3. The zero-order valence-corrected chi connectivity index (χ0v) is 21.1. The maximum absolute atomic E-state index is 12.3. The molecule has 0 aliphatic heterocycles. The van der Waals surface area contributed by atoms with Crippen LogP contribution in [0, 0.1) is 17.4 Å². The number of aryl methyl sites for hydroxylation is 2. The molecule has 0 bridgehead atoms. The molecule has 8 heteroatoms. The fourth-order valence-electron chi connectivity index (χ4n) is 2.88. The van der Waals surface area contributed by atoms with Crippen LogP contribution in [-0.4, -0.2) is 24.7 Å². The van der Waals surface area contributed by atoms with E-state index in [1.807, 2.05) is 38.1 Å². The minimum absolute atomic E-state index is 0.145. The summed E-state index contributed by atoms with van der Waals surface area (Å²) in [6.45, 7) is 3.70. The van der Waals surface area contributed by atoms with Gasteiger partial charge in [0.2, 0.25) is 0 Å². The summed E-state index contributed by atoms with van der Waals surface area (Å²) in [5.74, 6) is 0.318. The topological polar surface area (TPSA) is 77.0 Å². The molecule has 0 radical (unpaired) electrons. The van der Waals surface area contributed by atoms with Crippen LogP contribution < -0.4 is 14.9 Å². The van der Waals surface area contributed by atoms with E-state index in [2.05, 4.69) is 49.0 Å². The number of hydrogen-bond acceptors (Lipinski definition) is 5. The lowest BCUT2D eigenvalue weighted by atomic mass is 10.1. The zero-order chi connectivity index (χ0) is 23.1. The van der Waals surface area contributed by atoms with E-state index in [1.54, 1.807) is 36.4 Å². The third-order valence-electron chi connectivity index (χ3n) is 4.36. The van der Waals surface area contributed by atoms with Crippen molar-refractivity contribution in [1.29, 1.82) is 0 Å². The number of carbonyl (C=O) groups is 2. The molecule has 1 amide bonds. The van der Waals surface area contributed by atoms with Crippen molar-refractivity contribution in [2.24, 2.45) is 5.10 Å². The number of nitrogens with zero attached hydrogens (tertiary/aromatic N) is 1. The first-order valence-electron chi connectivity index (χ1n) is 9.61. The van der Waals surface area contributed by atoms with Crippen molar-refractivity contribution in [3.8, 4) is 11.5 Å². The summed E-state index contributed by atoms with van der Waals surface area (Å²) < 4.78 is 12.8. The van der Waals surface area contributed by atoms with Crippen molar-refractivity contribution < 1.29 is 19.1 Å². The van der Waals surface area contributed by atoms with Crippen LogP contribution >= 0.6 is 38.5 Å². The van der Waals surface area contributed by atoms with Gasteiger partial charge in [-0.2, -0.15) is 5.10 Å². The highest BCUT2D eigenvalue weighted by Crippen LogP contribution is 2.27. The molecule has 164 valence electrons. The number of amides is 1. The highest BCUT2D eigenvalue weighted by molar-refractivity contribution is 14.1. The molecule has 0 spiro atoms. The number of rotatable bonds is 7. The summed E-state index contributed by atoms with van der Waals surface area (Å²) in [5, 5.41) is 3.94. The van der Waals surface area contributed by atoms with E-state index in [0.29, 0.717) is 17.1 Å². The fourth-order valence-corrected chi connectivity index (χ4v) is 4.18. The van der Waals surface area contributed by atoms with Crippen LogP contribution in [0.25, 0.3) is 0 Å². The van der Waals surface area contributed by atoms with Crippen molar-refractivity contribution in [2.75, 3.05) is 6.61 Å². The predicted molar refractivity (Wildman–Crippen MR) is 135 cm³/mol. The molecule has 32 heavy (non-hydrogen) atoms. The fraction of sp³-hybridized carbons (Fsp3) is 0.125. The van der Waals surface area contributed by atoms with Gasteiger partial charge in [-0.05, 0) is 102 Å². The van der Waals surface area contributed by atoms with Gasteiger partial charge in [-0.1, -0.05) is 28.1 Å². The number of hydrogen-bond donors (Lipinski definition) is 1. The number of esters is 1. The summed E-state index contributed by atoms with van der Waals surface area (Å²) in [7, 11) is 0. The highest BCUT2D eigenvalue weighted by atomic mass is 127. The molecule has 3 aromatic rings. The van der Waals surface area contributed by atoms with Gasteiger partial charge in [0, 0.05) is 8.04 Å². The Morgan fingerprint density at radius 3 is 2.38 bits per heavy atom. The molecule has 0 unspecified atom stereocenters. The van der Waals surface area contributed by atoms with Crippen molar-refractivity contribution in [1.82, 2.24) is 5.43 Å². The molecule has 0 atom stereocenters. The second-order valence-electron chi connectivity index (χ2n) is 6.89. The maximum Gasteiger partial charge on any atom is 0.344 e. The minimum Gasteiger partial charge on any atom is -0.483 e. The lowest BCUT2D eigenvalue weighted by Crippen LogP contribution is -2.25.